The summed E-state index contributed by atoms with van der Waals surface area (Å²) in [7, 11) is 1.74. The molecule has 0 aliphatic rings. The second kappa shape index (κ2) is 7.74. The van der Waals surface area contributed by atoms with Crippen LogP contribution in [0.2, 0.25) is 0 Å². The van der Waals surface area contributed by atoms with Gasteiger partial charge in [-0.2, -0.15) is 5.10 Å². The molecule has 0 saturated heterocycles. The summed E-state index contributed by atoms with van der Waals surface area (Å²) in [5, 5.41) is 4.09. The molecular formula is C20H19FN4O. The van der Waals surface area contributed by atoms with E-state index < -0.39 is 0 Å². The Morgan fingerprint density at radius 3 is 2.65 bits per heavy atom. The average Bonchev–Trinajstić information content (AvgIpc) is 3.20. The third kappa shape index (κ3) is 4.03. The molecule has 0 fully saturated rings. The minimum Gasteiger partial charge on any atom is -0.335 e. The summed E-state index contributed by atoms with van der Waals surface area (Å²) >= 11 is 0. The van der Waals surface area contributed by atoms with Gasteiger partial charge in [0, 0.05) is 13.1 Å². The number of halogens is 1. The molecule has 3 rings (SSSR count). The zero-order valence-electron chi connectivity index (χ0n) is 14.6. The Balaban J connectivity index is 1.68. The summed E-state index contributed by atoms with van der Waals surface area (Å²) in [6.45, 7) is 1.96. The molecule has 0 N–H and O–H groups in total. The number of rotatable bonds is 5. The molecule has 5 nitrogen and oxygen atoms in total. The van der Waals surface area contributed by atoms with Gasteiger partial charge in [0.25, 0.3) is 0 Å². The van der Waals surface area contributed by atoms with Crippen LogP contribution in [0, 0.1) is 5.82 Å². The Hall–Kier alpha value is -3.28. The van der Waals surface area contributed by atoms with Crippen LogP contribution in [0.15, 0.2) is 67.3 Å². The number of nitrogens with zero attached hydrogens (tertiary/aromatic N) is 4. The van der Waals surface area contributed by atoms with Gasteiger partial charge in [-0.3, -0.25) is 4.79 Å². The first-order valence-corrected chi connectivity index (χ1v) is 8.20. The predicted molar refractivity (Wildman–Crippen MR) is 98.0 cm³/mol. The third-order valence-electron chi connectivity index (χ3n) is 4.25. The highest BCUT2D eigenvalue weighted by Crippen LogP contribution is 2.20. The number of likely N-dealkylation sites (N-methyl/N-ethyl adjacent to an activating group) is 1. The van der Waals surface area contributed by atoms with E-state index in [-0.39, 0.29) is 17.8 Å². The van der Waals surface area contributed by atoms with Gasteiger partial charge in [-0.15, -0.1) is 0 Å². The van der Waals surface area contributed by atoms with Crippen LogP contribution < -0.4 is 0 Å². The standard InChI is InChI=1S/C20H19FN4O/c1-15(17-7-9-19(10-8-17)25-14-22-13-23-25)24(2)20(26)11-6-16-4-3-5-18(21)12-16/h3-15H,1-2H3/b11-6+. The summed E-state index contributed by atoms with van der Waals surface area (Å²) in [6.07, 6.45) is 6.18. The second-order valence-corrected chi connectivity index (χ2v) is 5.95. The highest BCUT2D eigenvalue weighted by atomic mass is 19.1. The van der Waals surface area contributed by atoms with Crippen LogP contribution in [-0.2, 0) is 4.79 Å². The summed E-state index contributed by atoms with van der Waals surface area (Å²) in [5.74, 6) is -0.476. The van der Waals surface area contributed by atoms with Crippen molar-refractivity contribution in [1.29, 1.82) is 0 Å². The molecule has 1 amide bonds. The zero-order valence-corrected chi connectivity index (χ0v) is 14.6. The quantitative estimate of drug-likeness (QED) is 0.660. The predicted octanol–water partition coefficient (Wildman–Crippen LogP) is 3.64. The fraction of sp³-hybridized carbons (Fsp3) is 0.150. The van der Waals surface area contributed by atoms with E-state index in [2.05, 4.69) is 10.1 Å². The van der Waals surface area contributed by atoms with Crippen molar-refractivity contribution in [3.8, 4) is 5.69 Å². The summed E-state index contributed by atoms with van der Waals surface area (Å²) < 4.78 is 14.9. The first kappa shape index (κ1) is 17.5. The van der Waals surface area contributed by atoms with Gasteiger partial charge >= 0.3 is 0 Å². The number of hydrogen-bond acceptors (Lipinski definition) is 3. The topological polar surface area (TPSA) is 51.0 Å². The summed E-state index contributed by atoms with van der Waals surface area (Å²) in [4.78, 5) is 18.0. The van der Waals surface area contributed by atoms with Gasteiger partial charge in [0.1, 0.15) is 18.5 Å². The van der Waals surface area contributed by atoms with Crippen molar-refractivity contribution in [3.05, 3.63) is 84.2 Å². The molecule has 1 aromatic heterocycles. The van der Waals surface area contributed by atoms with Gasteiger partial charge in [-0.1, -0.05) is 24.3 Å². The lowest BCUT2D eigenvalue weighted by Gasteiger charge is -2.24. The van der Waals surface area contributed by atoms with Crippen molar-refractivity contribution in [2.24, 2.45) is 0 Å². The molecule has 3 aromatic rings. The van der Waals surface area contributed by atoms with Crippen LogP contribution >= 0.6 is 0 Å². The Morgan fingerprint density at radius 1 is 1.23 bits per heavy atom. The smallest absolute Gasteiger partial charge is 0.246 e. The SMILES string of the molecule is CC(c1ccc(-n2cncn2)cc1)N(C)C(=O)/C=C/c1cccc(F)c1. The zero-order chi connectivity index (χ0) is 18.5. The minimum atomic E-state index is -0.325. The maximum atomic E-state index is 13.2. The maximum Gasteiger partial charge on any atom is 0.246 e. The van der Waals surface area contributed by atoms with Crippen LogP contribution in [0.25, 0.3) is 11.8 Å². The second-order valence-electron chi connectivity index (χ2n) is 5.95. The summed E-state index contributed by atoms with van der Waals surface area (Å²) in [6, 6.07) is 13.8. The van der Waals surface area contributed by atoms with Gasteiger partial charge in [-0.05, 0) is 48.4 Å². The molecule has 0 aliphatic heterocycles. The summed E-state index contributed by atoms with van der Waals surface area (Å²) in [5.41, 5.74) is 2.55. The molecular weight excluding hydrogens is 331 g/mol. The molecule has 0 bridgehead atoms. The van der Waals surface area contributed by atoms with Gasteiger partial charge in [0.05, 0.1) is 11.7 Å². The maximum absolute atomic E-state index is 13.2. The van der Waals surface area contributed by atoms with Crippen LogP contribution in [-0.4, -0.2) is 32.6 Å². The van der Waals surface area contributed by atoms with E-state index in [1.54, 1.807) is 41.2 Å². The van der Waals surface area contributed by atoms with Gasteiger partial charge < -0.3 is 4.90 Å². The van der Waals surface area contributed by atoms with Gasteiger partial charge in [0.2, 0.25) is 5.91 Å². The Morgan fingerprint density at radius 2 is 2.00 bits per heavy atom. The van der Waals surface area contributed by atoms with Crippen molar-refractivity contribution in [1.82, 2.24) is 19.7 Å². The van der Waals surface area contributed by atoms with Crippen LogP contribution in [0.4, 0.5) is 4.39 Å². The van der Waals surface area contributed by atoms with E-state index in [0.29, 0.717) is 5.56 Å². The number of benzene rings is 2. The fourth-order valence-electron chi connectivity index (χ4n) is 2.56. The number of aromatic nitrogens is 3. The largest absolute Gasteiger partial charge is 0.335 e. The highest BCUT2D eigenvalue weighted by molar-refractivity contribution is 5.91. The first-order valence-electron chi connectivity index (χ1n) is 8.20. The number of carbonyl (C=O) groups is 1. The molecule has 1 atom stereocenters. The van der Waals surface area contributed by atoms with E-state index in [1.165, 1.54) is 24.5 Å². The van der Waals surface area contributed by atoms with E-state index >= 15 is 0 Å². The van der Waals surface area contributed by atoms with Crippen LogP contribution in [0.1, 0.15) is 24.1 Å². The lowest BCUT2D eigenvalue weighted by molar-refractivity contribution is -0.126. The normalized spacial score (nSPS) is 12.3. The Bertz CT molecular complexity index is 904. The molecule has 0 saturated carbocycles. The van der Waals surface area contributed by atoms with E-state index in [4.69, 9.17) is 0 Å². The van der Waals surface area contributed by atoms with Crippen molar-refractivity contribution in [2.75, 3.05) is 7.05 Å². The fourth-order valence-corrected chi connectivity index (χ4v) is 2.56. The molecule has 1 unspecified atom stereocenters. The van der Waals surface area contributed by atoms with Crippen molar-refractivity contribution in [3.63, 3.8) is 0 Å². The molecule has 0 spiro atoms. The number of hydrogen-bond donors (Lipinski definition) is 0. The Kier molecular flexibility index (Phi) is 5.22. The molecule has 1 heterocycles. The molecule has 0 radical (unpaired) electrons. The van der Waals surface area contributed by atoms with E-state index in [0.717, 1.165) is 11.3 Å². The van der Waals surface area contributed by atoms with Crippen LogP contribution in [0.5, 0.6) is 0 Å². The van der Waals surface area contributed by atoms with Crippen molar-refractivity contribution >= 4 is 12.0 Å². The molecule has 6 heteroatoms. The number of carbonyl (C=O) groups excluding carboxylic acids is 1. The molecule has 2 aromatic carbocycles. The number of amides is 1. The first-order chi connectivity index (χ1) is 12.5. The van der Waals surface area contributed by atoms with Gasteiger partial charge in [-0.25, -0.2) is 14.1 Å². The average molecular weight is 350 g/mol. The van der Waals surface area contributed by atoms with E-state index in [9.17, 15) is 9.18 Å². The lowest BCUT2D eigenvalue weighted by atomic mass is 10.1. The van der Waals surface area contributed by atoms with Crippen molar-refractivity contribution in [2.45, 2.75) is 13.0 Å². The van der Waals surface area contributed by atoms with E-state index in [1.807, 2.05) is 31.2 Å². The van der Waals surface area contributed by atoms with Gasteiger partial charge in [0.15, 0.2) is 0 Å². The lowest BCUT2D eigenvalue weighted by Crippen LogP contribution is -2.27. The Labute approximate surface area is 151 Å². The highest BCUT2D eigenvalue weighted by Gasteiger charge is 2.15. The third-order valence-corrected chi connectivity index (χ3v) is 4.25. The minimum absolute atomic E-state index is 0.107. The molecule has 132 valence electrons. The monoisotopic (exact) mass is 350 g/mol. The molecule has 26 heavy (non-hydrogen) atoms. The van der Waals surface area contributed by atoms with Crippen molar-refractivity contribution < 1.29 is 9.18 Å². The van der Waals surface area contributed by atoms with Crippen LogP contribution in [0.3, 0.4) is 0 Å². The molecule has 0 aliphatic carbocycles.